The molecule has 10 nitrogen and oxygen atoms in total. The van der Waals surface area contributed by atoms with Crippen molar-refractivity contribution in [2.75, 3.05) is 30.8 Å². The minimum Gasteiger partial charge on any atom is -0.482 e. The number of rotatable bonds is 8. The Morgan fingerprint density at radius 2 is 1.91 bits per heavy atom. The van der Waals surface area contributed by atoms with Crippen LogP contribution in [0.2, 0.25) is 0 Å². The van der Waals surface area contributed by atoms with Gasteiger partial charge in [-0.15, -0.1) is 0 Å². The van der Waals surface area contributed by atoms with Crippen LogP contribution in [-0.4, -0.2) is 71.2 Å². The number of carbonyl (C=O) groups excluding carboxylic acids is 1. The summed E-state index contributed by atoms with van der Waals surface area (Å²) in [5.74, 6) is 2.49. The molecular weight excluding hydrogens is 578 g/mol. The van der Waals surface area contributed by atoms with Gasteiger partial charge < -0.3 is 14.2 Å². The molecule has 228 valence electrons. The summed E-state index contributed by atoms with van der Waals surface area (Å²) in [5, 5.41) is 0.680. The quantitative estimate of drug-likeness (QED) is 0.265. The zero-order valence-electron chi connectivity index (χ0n) is 24.5. The van der Waals surface area contributed by atoms with Crippen molar-refractivity contribution in [3.05, 3.63) is 41.6 Å². The molecule has 3 fully saturated rings. The Morgan fingerprint density at radius 3 is 2.56 bits per heavy atom. The Kier molecular flexibility index (Phi) is 6.46. The number of alkyl halides is 2. The summed E-state index contributed by atoms with van der Waals surface area (Å²) < 4.78 is 61.5. The van der Waals surface area contributed by atoms with Crippen LogP contribution in [0.15, 0.2) is 30.3 Å². The Morgan fingerprint density at radius 1 is 1.14 bits per heavy atom. The van der Waals surface area contributed by atoms with E-state index in [-0.39, 0.29) is 16.0 Å². The molecule has 0 unspecified atom stereocenters. The van der Waals surface area contributed by atoms with E-state index in [0.717, 1.165) is 55.9 Å². The van der Waals surface area contributed by atoms with E-state index in [1.165, 1.54) is 6.07 Å². The van der Waals surface area contributed by atoms with Crippen molar-refractivity contribution in [1.29, 1.82) is 0 Å². The number of nitrogens with zero attached hydrogens (tertiary/aromatic N) is 6. The largest absolute Gasteiger partial charge is 0.482 e. The van der Waals surface area contributed by atoms with E-state index in [1.54, 1.807) is 25.3 Å². The molecule has 0 bridgehead atoms. The maximum atomic E-state index is 13.8. The number of anilines is 1. The first kappa shape index (κ1) is 28.1. The van der Waals surface area contributed by atoms with Crippen LogP contribution in [0.1, 0.15) is 42.2 Å². The Balaban J connectivity index is 1.33. The molecule has 2 aliphatic carbocycles. The number of methoxy groups -OCH3 is 1. The third-order valence-corrected chi connectivity index (χ3v) is 10.5. The number of amides is 1. The molecule has 13 heteroatoms. The zero-order valence-corrected chi connectivity index (χ0v) is 25.3. The molecule has 0 radical (unpaired) electrons. The SMILES string of the molecule is COc1cc(C(=O)N2CC[C@H]3[C@@H](C)[C@H]3C2)cc2nc(-c3cc4ccc(N(C(F)F)S(C)(=O)=O)nc4n3CC3CC3)c(C)n12. The summed E-state index contributed by atoms with van der Waals surface area (Å²) in [6.07, 6.45) is 3.84. The highest BCUT2D eigenvalue weighted by molar-refractivity contribution is 7.92. The van der Waals surface area contributed by atoms with E-state index in [1.807, 2.05) is 26.9 Å². The predicted molar refractivity (Wildman–Crippen MR) is 158 cm³/mol. The van der Waals surface area contributed by atoms with Gasteiger partial charge in [0.15, 0.2) is 5.88 Å². The fourth-order valence-electron chi connectivity index (χ4n) is 6.82. The van der Waals surface area contributed by atoms with Crippen LogP contribution in [0.3, 0.4) is 0 Å². The van der Waals surface area contributed by atoms with Gasteiger partial charge in [0.2, 0.25) is 10.0 Å². The number of imidazole rings is 1. The van der Waals surface area contributed by atoms with Gasteiger partial charge in [-0.05, 0) is 74.1 Å². The van der Waals surface area contributed by atoms with Crippen LogP contribution in [-0.2, 0) is 16.6 Å². The number of fused-ring (bicyclic) bond motifs is 3. The molecule has 1 aliphatic heterocycles. The predicted octanol–water partition coefficient (Wildman–Crippen LogP) is 4.79. The zero-order chi connectivity index (χ0) is 30.4. The van der Waals surface area contributed by atoms with E-state index < -0.39 is 16.6 Å². The van der Waals surface area contributed by atoms with Gasteiger partial charge in [0.25, 0.3) is 5.91 Å². The third kappa shape index (κ3) is 4.72. The Hall–Kier alpha value is -3.74. The minimum atomic E-state index is -4.26. The molecule has 4 aromatic rings. The van der Waals surface area contributed by atoms with E-state index in [9.17, 15) is 22.0 Å². The number of piperidine rings is 1. The standard InChI is InChI=1S/C30H34F2N6O4S/c1-16-21-9-10-35(15-22(16)21)29(39)20-12-25-33-27(17(2)37(25)26(13-20)42-3)23-11-19-7-8-24(38(30(31)32)43(4,40)41)34-28(19)36(23)14-18-5-6-18/h7-8,11-13,16,18,21-22,30H,5-6,9-10,14-15H2,1-4H3/t16-,21+,22-/m1/s1. The molecule has 4 aromatic heterocycles. The monoisotopic (exact) mass is 612 g/mol. The van der Waals surface area contributed by atoms with Gasteiger partial charge in [0.1, 0.15) is 22.8 Å². The fraction of sp³-hybridized carbons (Fsp3) is 0.500. The molecule has 2 saturated carbocycles. The lowest BCUT2D eigenvalue weighted by molar-refractivity contribution is 0.0715. The van der Waals surface area contributed by atoms with Gasteiger partial charge in [0, 0.05) is 36.7 Å². The molecular formula is C30H34F2N6O4S. The van der Waals surface area contributed by atoms with Crippen molar-refractivity contribution in [1.82, 2.24) is 23.8 Å². The van der Waals surface area contributed by atoms with E-state index in [2.05, 4.69) is 11.9 Å². The number of carbonyl (C=O) groups is 1. The molecule has 1 saturated heterocycles. The van der Waals surface area contributed by atoms with Crippen molar-refractivity contribution < 1.29 is 26.7 Å². The van der Waals surface area contributed by atoms with Gasteiger partial charge in [0.05, 0.1) is 24.8 Å². The van der Waals surface area contributed by atoms with Crippen molar-refractivity contribution in [2.24, 2.45) is 23.7 Å². The summed E-state index contributed by atoms with van der Waals surface area (Å²) in [7, 11) is -2.70. The van der Waals surface area contributed by atoms with Crippen molar-refractivity contribution >= 4 is 38.4 Å². The lowest BCUT2D eigenvalue weighted by Crippen LogP contribution is -2.37. The highest BCUT2D eigenvalue weighted by Gasteiger charge is 2.50. The van der Waals surface area contributed by atoms with Crippen LogP contribution in [0.5, 0.6) is 5.88 Å². The fourth-order valence-corrected chi connectivity index (χ4v) is 7.55. The normalized spacial score (nSPS) is 21.9. The van der Waals surface area contributed by atoms with Crippen LogP contribution < -0.4 is 9.04 Å². The first-order chi connectivity index (χ1) is 20.5. The first-order valence-electron chi connectivity index (χ1n) is 14.6. The highest BCUT2D eigenvalue weighted by atomic mass is 32.2. The maximum absolute atomic E-state index is 13.8. The number of pyridine rings is 2. The number of halogens is 2. The van der Waals surface area contributed by atoms with Crippen LogP contribution in [0.4, 0.5) is 14.6 Å². The minimum absolute atomic E-state index is 0.0328. The molecule has 43 heavy (non-hydrogen) atoms. The van der Waals surface area contributed by atoms with E-state index in [0.29, 0.717) is 58.1 Å². The highest BCUT2D eigenvalue weighted by Crippen LogP contribution is 2.51. The molecule has 0 aromatic carbocycles. The van der Waals surface area contributed by atoms with Gasteiger partial charge >= 0.3 is 6.55 Å². The molecule has 1 amide bonds. The second kappa shape index (κ2) is 9.90. The molecule has 7 rings (SSSR count). The number of aromatic nitrogens is 4. The number of sulfonamides is 1. The van der Waals surface area contributed by atoms with Gasteiger partial charge in [-0.1, -0.05) is 6.92 Å². The molecule has 0 spiro atoms. The molecule has 3 aliphatic rings. The van der Waals surface area contributed by atoms with Crippen molar-refractivity contribution in [3.63, 3.8) is 0 Å². The van der Waals surface area contributed by atoms with Crippen molar-refractivity contribution in [3.8, 4) is 17.3 Å². The molecule has 5 heterocycles. The maximum Gasteiger partial charge on any atom is 0.329 e. The second-order valence-electron chi connectivity index (χ2n) is 12.3. The molecule has 0 N–H and O–H groups in total. The van der Waals surface area contributed by atoms with E-state index >= 15 is 0 Å². The Labute approximate surface area is 248 Å². The number of aryl methyl sites for hydroxylation is 1. The summed E-state index contributed by atoms with van der Waals surface area (Å²) in [6, 6.07) is 8.35. The summed E-state index contributed by atoms with van der Waals surface area (Å²) in [6.45, 7) is 3.01. The lowest BCUT2D eigenvalue weighted by atomic mass is 10.1. The summed E-state index contributed by atoms with van der Waals surface area (Å²) in [5.41, 5.74) is 3.64. The van der Waals surface area contributed by atoms with E-state index in [4.69, 9.17) is 9.72 Å². The van der Waals surface area contributed by atoms with Crippen LogP contribution in [0.25, 0.3) is 28.1 Å². The average molecular weight is 613 g/mol. The summed E-state index contributed by atoms with van der Waals surface area (Å²) >= 11 is 0. The van der Waals surface area contributed by atoms with Crippen LogP contribution >= 0.6 is 0 Å². The Bertz CT molecular complexity index is 1880. The van der Waals surface area contributed by atoms with Gasteiger partial charge in [-0.2, -0.15) is 13.1 Å². The third-order valence-electron chi connectivity index (χ3n) is 9.45. The average Bonchev–Trinajstić information content (AvgIpc) is 3.84. The topological polar surface area (TPSA) is 102 Å². The number of hydrogen-bond donors (Lipinski definition) is 0. The summed E-state index contributed by atoms with van der Waals surface area (Å²) in [4.78, 5) is 24.9. The van der Waals surface area contributed by atoms with Gasteiger partial charge in [-0.3, -0.25) is 9.20 Å². The number of likely N-dealkylation sites (tertiary alicyclic amines) is 1. The van der Waals surface area contributed by atoms with Crippen molar-refractivity contribution in [2.45, 2.75) is 46.2 Å². The van der Waals surface area contributed by atoms with Gasteiger partial charge in [-0.25, -0.2) is 18.4 Å². The number of hydrogen-bond acceptors (Lipinski definition) is 6. The second-order valence-corrected chi connectivity index (χ2v) is 14.1. The first-order valence-corrected chi connectivity index (χ1v) is 16.5. The van der Waals surface area contributed by atoms with Crippen LogP contribution in [0, 0.1) is 30.6 Å². The number of ether oxygens (including phenoxy) is 1. The molecule has 3 atom stereocenters. The lowest BCUT2D eigenvalue weighted by Gasteiger charge is -2.26. The smallest absolute Gasteiger partial charge is 0.329 e.